The van der Waals surface area contributed by atoms with Crippen molar-refractivity contribution in [2.24, 2.45) is 5.41 Å². The van der Waals surface area contributed by atoms with Crippen molar-refractivity contribution in [2.45, 2.75) is 58.6 Å². The number of nitrogens with one attached hydrogen (secondary N) is 1. The molecular weight excluding hydrogens is 374 g/mol. The molecule has 0 bridgehead atoms. The zero-order chi connectivity index (χ0) is 21.4. The van der Waals surface area contributed by atoms with Crippen molar-refractivity contribution in [3.8, 4) is 5.75 Å². The molecule has 1 atom stereocenters. The van der Waals surface area contributed by atoms with Crippen molar-refractivity contribution in [1.82, 2.24) is 10.2 Å². The molecule has 0 aliphatic carbocycles. The Bertz CT molecular complexity index is 796. The molecular formula is C21H31N3O5. The molecule has 0 radical (unpaired) electrons. The van der Waals surface area contributed by atoms with Crippen LogP contribution >= 0.6 is 0 Å². The monoisotopic (exact) mass is 405 g/mol. The maximum atomic E-state index is 12.9. The van der Waals surface area contributed by atoms with Crippen molar-refractivity contribution in [3.05, 3.63) is 33.4 Å². The molecule has 2 saturated heterocycles. The second-order valence-corrected chi connectivity index (χ2v) is 8.96. The second kappa shape index (κ2) is 7.82. The molecule has 1 amide bonds. The summed E-state index contributed by atoms with van der Waals surface area (Å²) in [5.74, 6) is 0.224. The molecule has 1 aromatic rings. The maximum Gasteiger partial charge on any atom is 0.410 e. The number of piperidine rings is 1. The van der Waals surface area contributed by atoms with E-state index in [0.29, 0.717) is 13.0 Å². The van der Waals surface area contributed by atoms with Crippen molar-refractivity contribution in [3.63, 3.8) is 0 Å². The van der Waals surface area contributed by atoms with Gasteiger partial charge in [0.25, 0.3) is 0 Å². The lowest BCUT2D eigenvalue weighted by Crippen LogP contribution is -2.64. The van der Waals surface area contributed by atoms with Gasteiger partial charge in [0.2, 0.25) is 0 Å². The van der Waals surface area contributed by atoms with E-state index in [9.17, 15) is 14.9 Å². The zero-order valence-corrected chi connectivity index (χ0v) is 17.9. The lowest BCUT2D eigenvalue weighted by Gasteiger charge is -2.59. The third-order valence-electron chi connectivity index (χ3n) is 5.92. The summed E-state index contributed by atoms with van der Waals surface area (Å²) in [7, 11) is 1.43. The van der Waals surface area contributed by atoms with Gasteiger partial charge in [-0.05, 0) is 70.3 Å². The molecule has 0 saturated carbocycles. The van der Waals surface area contributed by atoms with Gasteiger partial charge in [0.05, 0.1) is 18.1 Å². The van der Waals surface area contributed by atoms with Gasteiger partial charge in [0.15, 0.2) is 5.75 Å². The topological polar surface area (TPSA) is 93.9 Å². The standard InChI is InChI=1S/C21H31N3O5/c1-6-14-11-16(24(26)27)17(28-5)12-15(14)18-21(7-9-22-10-8-21)13-23(18)19(25)29-20(2,3)4/h11-12,18,22H,6-10,13H2,1-5H3. The van der Waals surface area contributed by atoms with Crippen LogP contribution < -0.4 is 10.1 Å². The average molecular weight is 405 g/mol. The number of hydrogen-bond donors (Lipinski definition) is 1. The summed E-state index contributed by atoms with van der Waals surface area (Å²) in [5, 5.41) is 14.9. The van der Waals surface area contributed by atoms with Crippen LogP contribution in [-0.4, -0.2) is 48.3 Å². The van der Waals surface area contributed by atoms with E-state index in [2.05, 4.69) is 5.32 Å². The Balaban J connectivity index is 2.06. The lowest BCUT2D eigenvalue weighted by molar-refractivity contribution is -0.385. The fourth-order valence-electron chi connectivity index (χ4n) is 4.57. The molecule has 8 nitrogen and oxygen atoms in total. The van der Waals surface area contributed by atoms with Crippen molar-refractivity contribution < 1.29 is 19.2 Å². The molecule has 1 unspecified atom stereocenters. The first-order valence-corrected chi connectivity index (χ1v) is 10.2. The number of hydrogen-bond acceptors (Lipinski definition) is 6. The van der Waals surface area contributed by atoms with E-state index < -0.39 is 10.5 Å². The highest BCUT2D eigenvalue weighted by Gasteiger charge is 2.56. The molecule has 0 aromatic heterocycles. The summed E-state index contributed by atoms with van der Waals surface area (Å²) >= 11 is 0. The van der Waals surface area contributed by atoms with Gasteiger partial charge in [-0.2, -0.15) is 0 Å². The number of likely N-dealkylation sites (tertiary alicyclic amines) is 1. The third kappa shape index (κ3) is 4.03. The summed E-state index contributed by atoms with van der Waals surface area (Å²) in [6, 6.07) is 3.17. The first-order valence-electron chi connectivity index (χ1n) is 10.2. The number of nitro groups is 1. The highest BCUT2D eigenvalue weighted by molar-refractivity contribution is 5.71. The molecule has 2 fully saturated rings. The number of methoxy groups -OCH3 is 1. The number of carbonyl (C=O) groups is 1. The SMILES string of the molecule is CCc1cc([N+](=O)[O-])c(OC)cc1C1N(C(=O)OC(C)(C)C)CC12CCNCC2. The van der Waals surface area contributed by atoms with E-state index in [1.807, 2.05) is 27.7 Å². The molecule has 1 spiro atoms. The quantitative estimate of drug-likeness (QED) is 0.604. The molecule has 3 rings (SSSR count). The lowest BCUT2D eigenvalue weighted by atomic mass is 9.63. The van der Waals surface area contributed by atoms with Gasteiger partial charge in [-0.25, -0.2) is 4.79 Å². The van der Waals surface area contributed by atoms with E-state index in [1.54, 1.807) is 17.0 Å². The first kappa shape index (κ1) is 21.4. The third-order valence-corrected chi connectivity index (χ3v) is 5.92. The number of rotatable bonds is 4. The summed E-state index contributed by atoms with van der Waals surface area (Å²) < 4.78 is 11.0. The smallest absolute Gasteiger partial charge is 0.410 e. The van der Waals surface area contributed by atoms with Gasteiger partial charge in [-0.15, -0.1) is 0 Å². The number of aryl methyl sites for hydroxylation is 1. The molecule has 2 aliphatic heterocycles. The Kier molecular flexibility index (Phi) is 5.76. The highest BCUT2D eigenvalue weighted by Crippen LogP contribution is 2.56. The van der Waals surface area contributed by atoms with Gasteiger partial charge in [-0.3, -0.25) is 15.0 Å². The van der Waals surface area contributed by atoms with Gasteiger partial charge in [0.1, 0.15) is 5.60 Å². The van der Waals surface area contributed by atoms with Crippen LogP contribution in [-0.2, 0) is 11.2 Å². The van der Waals surface area contributed by atoms with E-state index in [1.165, 1.54) is 7.11 Å². The van der Waals surface area contributed by atoms with Crippen LogP contribution in [0.5, 0.6) is 5.75 Å². The van der Waals surface area contributed by atoms with Gasteiger partial charge >= 0.3 is 11.8 Å². The van der Waals surface area contributed by atoms with Gasteiger partial charge in [-0.1, -0.05) is 6.92 Å². The van der Waals surface area contributed by atoms with Gasteiger partial charge < -0.3 is 14.8 Å². The number of nitro benzene ring substituents is 1. The van der Waals surface area contributed by atoms with Crippen molar-refractivity contribution in [2.75, 3.05) is 26.7 Å². The molecule has 29 heavy (non-hydrogen) atoms. The van der Waals surface area contributed by atoms with Crippen molar-refractivity contribution >= 4 is 11.8 Å². The van der Waals surface area contributed by atoms with Crippen LogP contribution in [0.3, 0.4) is 0 Å². The Morgan fingerprint density at radius 1 is 1.34 bits per heavy atom. The normalized spacial score (nSPS) is 20.9. The van der Waals surface area contributed by atoms with Crippen LogP contribution in [0.1, 0.15) is 57.7 Å². The predicted octanol–water partition coefficient (Wildman–Crippen LogP) is 3.83. The number of benzene rings is 1. The largest absolute Gasteiger partial charge is 0.490 e. The minimum absolute atomic E-state index is 0.0457. The van der Waals surface area contributed by atoms with E-state index in [-0.39, 0.29) is 29.0 Å². The van der Waals surface area contributed by atoms with Gasteiger partial charge in [0, 0.05) is 18.0 Å². The Morgan fingerprint density at radius 2 is 2.00 bits per heavy atom. The van der Waals surface area contributed by atoms with E-state index in [0.717, 1.165) is 37.1 Å². The first-order chi connectivity index (χ1) is 13.6. The molecule has 160 valence electrons. The molecule has 2 heterocycles. The molecule has 1 aromatic carbocycles. The Hall–Kier alpha value is -2.35. The summed E-state index contributed by atoms with van der Waals surface area (Å²) in [4.78, 5) is 25.8. The average Bonchev–Trinajstić information content (AvgIpc) is 2.65. The maximum absolute atomic E-state index is 12.9. The minimum atomic E-state index is -0.584. The Labute approximate surface area is 171 Å². The second-order valence-electron chi connectivity index (χ2n) is 8.96. The minimum Gasteiger partial charge on any atom is -0.490 e. The zero-order valence-electron chi connectivity index (χ0n) is 17.9. The van der Waals surface area contributed by atoms with Crippen LogP contribution in [0.15, 0.2) is 12.1 Å². The number of amides is 1. The van der Waals surface area contributed by atoms with E-state index in [4.69, 9.17) is 9.47 Å². The van der Waals surface area contributed by atoms with Crippen molar-refractivity contribution in [1.29, 1.82) is 0 Å². The Morgan fingerprint density at radius 3 is 2.52 bits per heavy atom. The van der Waals surface area contributed by atoms with Crippen LogP contribution in [0.2, 0.25) is 0 Å². The van der Waals surface area contributed by atoms with Crippen LogP contribution in [0.25, 0.3) is 0 Å². The van der Waals surface area contributed by atoms with E-state index >= 15 is 0 Å². The fraction of sp³-hybridized carbons (Fsp3) is 0.667. The number of nitrogens with zero attached hydrogens (tertiary/aromatic N) is 2. The highest BCUT2D eigenvalue weighted by atomic mass is 16.6. The van der Waals surface area contributed by atoms with Crippen LogP contribution in [0, 0.1) is 15.5 Å². The number of ether oxygens (including phenoxy) is 2. The fourth-order valence-corrected chi connectivity index (χ4v) is 4.57. The molecule has 1 N–H and O–H groups in total. The summed E-state index contributed by atoms with van der Waals surface area (Å²) in [5.41, 5.74) is 1.12. The van der Waals surface area contributed by atoms with Crippen LogP contribution in [0.4, 0.5) is 10.5 Å². The molecule has 8 heteroatoms. The molecule has 2 aliphatic rings. The summed E-state index contributed by atoms with van der Waals surface area (Å²) in [6.07, 6.45) is 2.18. The number of carbonyl (C=O) groups excluding carboxylic acids is 1. The summed E-state index contributed by atoms with van der Waals surface area (Å²) in [6.45, 7) is 9.96. The predicted molar refractivity (Wildman–Crippen MR) is 109 cm³/mol.